The van der Waals surface area contributed by atoms with E-state index in [4.69, 9.17) is 14.7 Å². The highest BCUT2D eigenvalue weighted by atomic mass is 16.5. The number of phenolic OH excluding ortho intramolecular Hbond substituents is 1. The van der Waals surface area contributed by atoms with Gasteiger partial charge in [-0.25, -0.2) is 9.97 Å². The van der Waals surface area contributed by atoms with E-state index in [1.807, 2.05) is 24.4 Å². The van der Waals surface area contributed by atoms with Gasteiger partial charge in [0, 0.05) is 47.7 Å². The zero-order chi connectivity index (χ0) is 24.2. The fourth-order valence-electron chi connectivity index (χ4n) is 4.80. The number of phenols is 1. The molecule has 2 aromatic heterocycles. The first-order valence-corrected chi connectivity index (χ1v) is 12.0. The van der Waals surface area contributed by atoms with Crippen LogP contribution in [0.25, 0.3) is 22.5 Å². The summed E-state index contributed by atoms with van der Waals surface area (Å²) >= 11 is 0. The topological polar surface area (TPSA) is 71.4 Å². The van der Waals surface area contributed by atoms with Crippen LogP contribution in [0, 0.1) is 6.92 Å². The summed E-state index contributed by atoms with van der Waals surface area (Å²) < 4.78 is 5.34. The summed E-state index contributed by atoms with van der Waals surface area (Å²) in [5.41, 5.74) is 6.47. The lowest BCUT2D eigenvalue weighted by Gasteiger charge is -2.32. The zero-order valence-electron chi connectivity index (χ0n) is 20.2. The minimum Gasteiger partial charge on any atom is -0.508 e. The van der Waals surface area contributed by atoms with Gasteiger partial charge in [0.1, 0.15) is 11.5 Å². The van der Waals surface area contributed by atoms with Gasteiger partial charge >= 0.3 is 0 Å². The van der Waals surface area contributed by atoms with Crippen LogP contribution >= 0.6 is 0 Å². The molecule has 2 aromatic carbocycles. The van der Waals surface area contributed by atoms with Crippen LogP contribution in [0.1, 0.15) is 35.6 Å². The number of aryl methyl sites for hydroxylation is 1. The van der Waals surface area contributed by atoms with Crippen molar-refractivity contribution in [3.8, 4) is 34.0 Å². The highest BCUT2D eigenvalue weighted by Crippen LogP contribution is 2.36. The average Bonchev–Trinajstić information content (AvgIpc) is 2.90. The third-order valence-electron chi connectivity index (χ3n) is 6.74. The van der Waals surface area contributed by atoms with Crippen molar-refractivity contribution in [2.24, 2.45) is 0 Å². The minimum atomic E-state index is 0.312. The van der Waals surface area contributed by atoms with Crippen LogP contribution < -0.4 is 4.74 Å². The van der Waals surface area contributed by atoms with E-state index in [0.29, 0.717) is 18.2 Å². The maximum Gasteiger partial charge on any atom is 0.159 e. The van der Waals surface area contributed by atoms with Gasteiger partial charge in [-0.15, -0.1) is 0 Å². The van der Waals surface area contributed by atoms with E-state index in [-0.39, 0.29) is 0 Å². The summed E-state index contributed by atoms with van der Waals surface area (Å²) in [6, 6.07) is 17.9. The molecule has 1 saturated heterocycles. The van der Waals surface area contributed by atoms with Gasteiger partial charge in [-0.2, -0.15) is 0 Å². The lowest BCUT2D eigenvalue weighted by molar-refractivity contribution is 0.201. The van der Waals surface area contributed by atoms with E-state index < -0.39 is 0 Å². The minimum absolute atomic E-state index is 0.312. The highest BCUT2D eigenvalue weighted by Gasteiger charge is 2.26. The van der Waals surface area contributed by atoms with Crippen molar-refractivity contribution in [1.82, 2.24) is 19.9 Å². The number of hydrogen-bond acceptors (Lipinski definition) is 6. The fraction of sp³-hybridized carbons (Fsp3) is 0.276. The largest absolute Gasteiger partial charge is 0.508 e. The molecule has 1 aliphatic rings. The number of piperidine rings is 1. The Hall–Kier alpha value is -3.77. The molecule has 0 saturated carbocycles. The van der Waals surface area contributed by atoms with Gasteiger partial charge in [-0.3, -0.25) is 9.88 Å². The van der Waals surface area contributed by atoms with Crippen molar-refractivity contribution >= 4 is 0 Å². The van der Waals surface area contributed by atoms with Crippen LogP contribution in [0.4, 0.5) is 0 Å². The van der Waals surface area contributed by atoms with E-state index in [1.165, 1.54) is 5.56 Å². The number of likely N-dealkylation sites (tertiary alicyclic amines) is 1. The summed E-state index contributed by atoms with van der Waals surface area (Å²) in [5.74, 6) is 2.15. The third-order valence-corrected chi connectivity index (χ3v) is 6.74. The SMILES string of the molecule is COc1ccc(O)c(CN2CCC(c3nc(-c4ccncc4)ncc3-c3cccc(C)c3)CC2)c1. The Balaban J connectivity index is 1.40. The molecule has 0 radical (unpaired) electrons. The second kappa shape index (κ2) is 10.2. The normalized spacial score (nSPS) is 14.7. The number of nitrogens with zero attached hydrogens (tertiary/aromatic N) is 4. The standard InChI is InChI=1S/C29H30N4O2/c1-20-4-3-5-23(16-20)26-18-31-29(22-8-12-30-13-9-22)32-28(26)21-10-14-33(15-11-21)19-24-17-25(35-2)6-7-27(24)34/h3-9,12-13,16-18,21,34H,10-11,14-15,19H2,1-2H3. The Bertz CT molecular complexity index is 1300. The van der Waals surface area contributed by atoms with Gasteiger partial charge in [0.25, 0.3) is 0 Å². The second-order valence-corrected chi connectivity index (χ2v) is 9.14. The average molecular weight is 467 g/mol. The number of aromatic nitrogens is 3. The molecule has 1 N–H and O–H groups in total. The Morgan fingerprint density at radius 2 is 1.80 bits per heavy atom. The number of methoxy groups -OCH3 is 1. The van der Waals surface area contributed by atoms with E-state index in [9.17, 15) is 5.11 Å². The van der Waals surface area contributed by atoms with Gasteiger partial charge in [-0.1, -0.05) is 29.8 Å². The maximum atomic E-state index is 10.3. The lowest BCUT2D eigenvalue weighted by Crippen LogP contribution is -2.33. The van der Waals surface area contributed by atoms with Crippen molar-refractivity contribution in [1.29, 1.82) is 0 Å². The summed E-state index contributed by atoms with van der Waals surface area (Å²) in [5, 5.41) is 10.3. The molecule has 178 valence electrons. The number of hydrogen-bond donors (Lipinski definition) is 1. The van der Waals surface area contributed by atoms with Gasteiger partial charge in [0.05, 0.1) is 12.8 Å². The Labute approximate surface area is 206 Å². The lowest BCUT2D eigenvalue weighted by atomic mass is 9.88. The van der Waals surface area contributed by atoms with Crippen LogP contribution in [0.5, 0.6) is 11.5 Å². The molecule has 3 heterocycles. The maximum absolute atomic E-state index is 10.3. The second-order valence-electron chi connectivity index (χ2n) is 9.14. The summed E-state index contributed by atoms with van der Waals surface area (Å²) in [6.45, 7) is 4.68. The summed E-state index contributed by atoms with van der Waals surface area (Å²) in [7, 11) is 1.65. The van der Waals surface area contributed by atoms with E-state index in [2.05, 4.69) is 41.1 Å². The molecule has 0 spiro atoms. The molecule has 6 heteroatoms. The summed E-state index contributed by atoms with van der Waals surface area (Å²) in [6.07, 6.45) is 7.53. The number of ether oxygens (including phenoxy) is 1. The van der Waals surface area contributed by atoms with E-state index >= 15 is 0 Å². The van der Waals surface area contributed by atoms with E-state index in [1.54, 1.807) is 31.6 Å². The molecule has 0 atom stereocenters. The zero-order valence-corrected chi connectivity index (χ0v) is 20.2. The molecule has 0 bridgehead atoms. The predicted molar refractivity (Wildman–Crippen MR) is 137 cm³/mol. The van der Waals surface area contributed by atoms with Gasteiger partial charge in [-0.05, 0) is 68.8 Å². The number of pyridine rings is 1. The fourth-order valence-corrected chi connectivity index (χ4v) is 4.80. The van der Waals surface area contributed by atoms with Gasteiger partial charge in [0.2, 0.25) is 0 Å². The van der Waals surface area contributed by atoms with Gasteiger partial charge in [0.15, 0.2) is 5.82 Å². The molecule has 4 aromatic rings. The van der Waals surface area contributed by atoms with Crippen molar-refractivity contribution in [3.63, 3.8) is 0 Å². The van der Waals surface area contributed by atoms with Crippen molar-refractivity contribution in [3.05, 3.63) is 90.0 Å². The van der Waals surface area contributed by atoms with Crippen LogP contribution in [0.15, 0.2) is 73.2 Å². The first-order chi connectivity index (χ1) is 17.1. The Morgan fingerprint density at radius 1 is 1.00 bits per heavy atom. The van der Waals surface area contributed by atoms with Crippen LogP contribution in [-0.4, -0.2) is 45.2 Å². The van der Waals surface area contributed by atoms with Gasteiger partial charge < -0.3 is 9.84 Å². The molecule has 0 aliphatic carbocycles. The Morgan fingerprint density at radius 3 is 2.54 bits per heavy atom. The quantitative estimate of drug-likeness (QED) is 0.398. The molecule has 1 aliphatic heterocycles. The van der Waals surface area contributed by atoms with Crippen molar-refractivity contribution in [2.75, 3.05) is 20.2 Å². The predicted octanol–water partition coefficient (Wildman–Crippen LogP) is 5.61. The smallest absolute Gasteiger partial charge is 0.159 e. The monoisotopic (exact) mass is 466 g/mol. The molecule has 1 fully saturated rings. The first-order valence-electron chi connectivity index (χ1n) is 12.0. The number of aromatic hydroxyl groups is 1. The van der Waals surface area contributed by atoms with Crippen LogP contribution in [0.3, 0.4) is 0 Å². The van der Waals surface area contributed by atoms with Crippen molar-refractivity contribution in [2.45, 2.75) is 32.2 Å². The van der Waals surface area contributed by atoms with E-state index in [0.717, 1.165) is 65.5 Å². The number of rotatable bonds is 6. The third kappa shape index (κ3) is 5.17. The van der Waals surface area contributed by atoms with Crippen LogP contribution in [-0.2, 0) is 6.54 Å². The molecule has 0 amide bonds. The van der Waals surface area contributed by atoms with Crippen molar-refractivity contribution < 1.29 is 9.84 Å². The molecule has 6 nitrogen and oxygen atoms in total. The summed E-state index contributed by atoms with van der Waals surface area (Å²) in [4.78, 5) is 16.3. The molecule has 0 unspecified atom stereocenters. The molecular weight excluding hydrogens is 436 g/mol. The molecule has 35 heavy (non-hydrogen) atoms. The Kier molecular flexibility index (Phi) is 6.73. The highest BCUT2D eigenvalue weighted by molar-refractivity contribution is 5.68. The first kappa shape index (κ1) is 23.0. The molecular formula is C29H30N4O2. The molecule has 5 rings (SSSR count). The van der Waals surface area contributed by atoms with Crippen LogP contribution in [0.2, 0.25) is 0 Å². The number of benzene rings is 2.